The van der Waals surface area contributed by atoms with Crippen molar-refractivity contribution in [3.8, 4) is 0 Å². The van der Waals surface area contributed by atoms with Gasteiger partial charge in [0.25, 0.3) is 0 Å². The molecule has 2 atom stereocenters. The van der Waals surface area contributed by atoms with E-state index in [-0.39, 0.29) is 16.2 Å². The van der Waals surface area contributed by atoms with Gasteiger partial charge in [0.15, 0.2) is 5.82 Å². The summed E-state index contributed by atoms with van der Waals surface area (Å²) in [5.41, 5.74) is 5.48. The number of nitrogens with one attached hydrogen (secondary N) is 1. The molecule has 0 radical (unpaired) electrons. The van der Waals surface area contributed by atoms with E-state index in [2.05, 4.69) is 21.2 Å². The Balaban J connectivity index is 2.93. The zero-order valence-corrected chi connectivity index (χ0v) is 11.0. The van der Waals surface area contributed by atoms with Crippen molar-refractivity contribution < 1.29 is 13.6 Å². The third-order valence-corrected chi connectivity index (χ3v) is 3.08. The lowest BCUT2D eigenvalue weighted by molar-refractivity contribution is -0.119. The normalized spacial score (nSPS) is 14.2. The summed E-state index contributed by atoms with van der Waals surface area (Å²) in [5, 5.41) is 2.38. The highest BCUT2D eigenvalue weighted by molar-refractivity contribution is 9.10. The van der Waals surface area contributed by atoms with Crippen molar-refractivity contribution in [1.82, 2.24) is 0 Å². The summed E-state index contributed by atoms with van der Waals surface area (Å²) in [7, 11) is 0. The zero-order valence-electron chi connectivity index (χ0n) is 9.43. The number of benzene rings is 1. The van der Waals surface area contributed by atoms with Crippen molar-refractivity contribution in [2.24, 2.45) is 11.7 Å². The molecule has 0 aromatic heterocycles. The third-order valence-electron chi connectivity index (χ3n) is 2.46. The van der Waals surface area contributed by atoms with Crippen LogP contribution in [0, 0.1) is 17.6 Å². The van der Waals surface area contributed by atoms with Crippen LogP contribution in [-0.2, 0) is 4.79 Å². The summed E-state index contributed by atoms with van der Waals surface area (Å²) in [5.74, 6) is -2.42. The average molecular weight is 307 g/mol. The molecule has 0 spiro atoms. The minimum atomic E-state index is -0.831. The van der Waals surface area contributed by atoms with E-state index in [0.717, 1.165) is 6.07 Å². The standard InChI is InChI=1S/C11H13BrF2N2O/c1-5(6(2)15)11(17)16-10-8(12)3-7(13)4-9(10)14/h3-6H,15H2,1-2H3,(H,16,17). The molecule has 0 fully saturated rings. The average Bonchev–Trinajstić information content (AvgIpc) is 2.21. The molecule has 1 aromatic carbocycles. The lowest BCUT2D eigenvalue weighted by Crippen LogP contribution is -2.34. The predicted octanol–water partition coefficient (Wildman–Crippen LogP) is 2.65. The van der Waals surface area contributed by atoms with Crippen LogP contribution in [0.3, 0.4) is 0 Å². The Hall–Kier alpha value is -1.01. The van der Waals surface area contributed by atoms with Crippen molar-refractivity contribution in [3.63, 3.8) is 0 Å². The topological polar surface area (TPSA) is 55.1 Å². The molecule has 0 heterocycles. The molecule has 0 bridgehead atoms. The Morgan fingerprint density at radius 2 is 2.00 bits per heavy atom. The van der Waals surface area contributed by atoms with Crippen LogP contribution >= 0.6 is 15.9 Å². The van der Waals surface area contributed by atoms with Gasteiger partial charge in [-0.1, -0.05) is 6.92 Å². The Morgan fingerprint density at radius 1 is 1.41 bits per heavy atom. The number of halogens is 3. The summed E-state index contributed by atoms with van der Waals surface area (Å²) in [6.45, 7) is 3.32. The lowest BCUT2D eigenvalue weighted by atomic mass is 10.0. The molecule has 1 amide bonds. The molecule has 0 aliphatic heterocycles. The maximum Gasteiger partial charge on any atom is 0.228 e. The van der Waals surface area contributed by atoms with Crippen LogP contribution in [0.5, 0.6) is 0 Å². The van der Waals surface area contributed by atoms with Gasteiger partial charge in [0.2, 0.25) is 5.91 Å². The summed E-state index contributed by atoms with van der Waals surface area (Å²) < 4.78 is 26.4. The van der Waals surface area contributed by atoms with Crippen LogP contribution in [-0.4, -0.2) is 11.9 Å². The number of hydrogen-bond donors (Lipinski definition) is 2. The van der Waals surface area contributed by atoms with Gasteiger partial charge in [0.1, 0.15) is 5.82 Å². The fourth-order valence-electron chi connectivity index (χ4n) is 1.14. The Bertz CT molecular complexity index is 414. The number of carbonyl (C=O) groups is 1. The molecule has 0 aliphatic rings. The van der Waals surface area contributed by atoms with Crippen molar-refractivity contribution >= 4 is 27.5 Å². The van der Waals surface area contributed by atoms with Gasteiger partial charge >= 0.3 is 0 Å². The molecule has 0 saturated carbocycles. The molecule has 94 valence electrons. The van der Waals surface area contributed by atoms with Gasteiger partial charge in [-0.2, -0.15) is 0 Å². The minimum absolute atomic E-state index is 0.0797. The monoisotopic (exact) mass is 306 g/mol. The quantitative estimate of drug-likeness (QED) is 0.902. The second-order valence-electron chi connectivity index (χ2n) is 3.88. The zero-order chi connectivity index (χ0) is 13.2. The van der Waals surface area contributed by atoms with E-state index >= 15 is 0 Å². The van der Waals surface area contributed by atoms with Crippen LogP contribution < -0.4 is 11.1 Å². The second kappa shape index (κ2) is 5.55. The first kappa shape index (κ1) is 14.1. The number of nitrogens with two attached hydrogens (primary N) is 1. The van der Waals surface area contributed by atoms with Crippen molar-refractivity contribution in [3.05, 3.63) is 28.2 Å². The highest BCUT2D eigenvalue weighted by atomic mass is 79.9. The Morgan fingerprint density at radius 3 is 2.47 bits per heavy atom. The minimum Gasteiger partial charge on any atom is -0.327 e. The summed E-state index contributed by atoms with van der Waals surface area (Å²) in [6, 6.07) is 1.43. The van der Waals surface area contributed by atoms with Gasteiger partial charge in [-0.25, -0.2) is 8.78 Å². The van der Waals surface area contributed by atoms with Crippen LogP contribution in [0.4, 0.5) is 14.5 Å². The van der Waals surface area contributed by atoms with Crippen LogP contribution in [0.25, 0.3) is 0 Å². The van der Waals surface area contributed by atoms with Crippen molar-refractivity contribution in [1.29, 1.82) is 0 Å². The van der Waals surface area contributed by atoms with E-state index in [4.69, 9.17) is 5.73 Å². The molecule has 2 unspecified atom stereocenters. The number of rotatable bonds is 3. The van der Waals surface area contributed by atoms with Gasteiger partial charge in [-0.15, -0.1) is 0 Å². The molecule has 3 N–H and O–H groups in total. The van der Waals surface area contributed by atoms with Gasteiger partial charge < -0.3 is 11.1 Å². The lowest BCUT2D eigenvalue weighted by Gasteiger charge is -2.16. The summed E-state index contributed by atoms with van der Waals surface area (Å²) in [4.78, 5) is 11.7. The molecule has 17 heavy (non-hydrogen) atoms. The Kier molecular flexibility index (Phi) is 4.59. The molecule has 0 aliphatic carbocycles. The molecule has 1 rings (SSSR count). The van der Waals surface area contributed by atoms with Crippen molar-refractivity contribution in [2.45, 2.75) is 19.9 Å². The number of anilines is 1. The molecule has 3 nitrogen and oxygen atoms in total. The highest BCUT2D eigenvalue weighted by Crippen LogP contribution is 2.27. The third kappa shape index (κ3) is 3.47. The number of amides is 1. The van der Waals surface area contributed by atoms with E-state index in [1.807, 2.05) is 0 Å². The molecular formula is C11H13BrF2N2O. The van der Waals surface area contributed by atoms with Gasteiger partial charge in [0, 0.05) is 16.6 Å². The molecule has 0 saturated heterocycles. The van der Waals surface area contributed by atoms with E-state index in [0.29, 0.717) is 6.07 Å². The first-order valence-corrected chi connectivity index (χ1v) is 5.83. The van der Waals surface area contributed by atoms with Crippen molar-refractivity contribution in [2.75, 3.05) is 5.32 Å². The first-order chi connectivity index (χ1) is 7.82. The summed E-state index contributed by atoms with van der Waals surface area (Å²) >= 11 is 2.99. The van der Waals surface area contributed by atoms with Crippen LogP contribution in [0.15, 0.2) is 16.6 Å². The summed E-state index contributed by atoms with van der Waals surface area (Å²) in [6.07, 6.45) is 0. The smallest absolute Gasteiger partial charge is 0.228 e. The van der Waals surface area contributed by atoms with E-state index in [1.54, 1.807) is 13.8 Å². The van der Waals surface area contributed by atoms with E-state index < -0.39 is 23.5 Å². The van der Waals surface area contributed by atoms with Crippen LogP contribution in [0.1, 0.15) is 13.8 Å². The highest BCUT2D eigenvalue weighted by Gasteiger charge is 2.20. The van der Waals surface area contributed by atoms with E-state index in [1.165, 1.54) is 0 Å². The van der Waals surface area contributed by atoms with Gasteiger partial charge in [-0.05, 0) is 28.9 Å². The second-order valence-corrected chi connectivity index (χ2v) is 4.74. The molecular weight excluding hydrogens is 294 g/mol. The fourth-order valence-corrected chi connectivity index (χ4v) is 1.64. The fraction of sp³-hybridized carbons (Fsp3) is 0.364. The molecule has 1 aromatic rings. The predicted molar refractivity (Wildman–Crippen MR) is 65.5 cm³/mol. The first-order valence-electron chi connectivity index (χ1n) is 5.04. The SMILES string of the molecule is CC(N)C(C)C(=O)Nc1c(F)cc(F)cc1Br. The van der Waals surface area contributed by atoms with E-state index in [9.17, 15) is 13.6 Å². The van der Waals surface area contributed by atoms with Gasteiger partial charge in [0.05, 0.1) is 11.6 Å². The number of hydrogen-bond acceptors (Lipinski definition) is 2. The number of carbonyl (C=O) groups excluding carboxylic acids is 1. The maximum absolute atomic E-state index is 13.4. The van der Waals surface area contributed by atoms with Crippen LogP contribution in [0.2, 0.25) is 0 Å². The largest absolute Gasteiger partial charge is 0.327 e. The van der Waals surface area contributed by atoms with Gasteiger partial charge in [-0.3, -0.25) is 4.79 Å². The Labute approximate surface area is 107 Å². The maximum atomic E-state index is 13.4. The molecule has 6 heteroatoms.